The number of rotatable bonds is 0. The highest BCUT2D eigenvalue weighted by atomic mass is 15.1. The Morgan fingerprint density at radius 3 is 3.17 bits per heavy atom. The summed E-state index contributed by atoms with van der Waals surface area (Å²) in [5.41, 5.74) is 2.87. The van der Waals surface area contributed by atoms with Crippen molar-refractivity contribution in [2.24, 2.45) is 0 Å². The summed E-state index contributed by atoms with van der Waals surface area (Å²) >= 11 is 0. The van der Waals surface area contributed by atoms with Crippen LogP contribution in [-0.4, -0.2) is 20.2 Å². The number of aromatic nitrogens is 4. The Bertz CT molecular complexity index is 484. The monoisotopic (exact) mass is 158 g/mol. The molecule has 12 heavy (non-hydrogen) atoms. The Labute approximate surface area is 67.6 Å². The van der Waals surface area contributed by atoms with E-state index in [4.69, 9.17) is 0 Å². The van der Waals surface area contributed by atoms with E-state index >= 15 is 0 Å². The molecule has 0 radical (unpaired) electrons. The lowest BCUT2D eigenvalue weighted by Gasteiger charge is -1.88. The lowest BCUT2D eigenvalue weighted by atomic mass is 10.2. The van der Waals surface area contributed by atoms with Crippen molar-refractivity contribution in [3.63, 3.8) is 0 Å². The minimum atomic E-state index is 0.925. The van der Waals surface area contributed by atoms with Gasteiger partial charge in [-0.3, -0.25) is 5.10 Å². The van der Waals surface area contributed by atoms with Gasteiger partial charge in [0.05, 0.1) is 11.0 Å². The molecule has 0 saturated carbocycles. The zero-order valence-electron chi connectivity index (χ0n) is 6.20. The van der Waals surface area contributed by atoms with Gasteiger partial charge < -0.3 is 5.10 Å². The summed E-state index contributed by atoms with van der Waals surface area (Å²) < 4.78 is 0. The fourth-order valence-electron chi connectivity index (χ4n) is 1.42. The van der Waals surface area contributed by atoms with Crippen LogP contribution in [0.25, 0.3) is 21.9 Å². The van der Waals surface area contributed by atoms with Crippen LogP contribution in [0.3, 0.4) is 0 Å². The van der Waals surface area contributed by atoms with Gasteiger partial charge in [0.2, 0.25) is 0 Å². The maximum atomic E-state index is 4.16. The molecule has 0 aliphatic heterocycles. The molecule has 4 nitrogen and oxygen atoms in total. The van der Waals surface area contributed by atoms with Gasteiger partial charge >= 0.3 is 0 Å². The molecule has 0 unspecified atom stereocenters. The lowest BCUT2D eigenvalue weighted by molar-refractivity contribution is 1.12. The molecule has 0 bridgehead atoms. The summed E-state index contributed by atoms with van der Waals surface area (Å²) in [6, 6.07) is 3.98. The molecule has 3 aromatic rings. The Morgan fingerprint density at radius 1 is 1.17 bits per heavy atom. The number of nitrogens with zero attached hydrogens (tertiary/aromatic N) is 2. The summed E-state index contributed by atoms with van der Waals surface area (Å²) in [6.07, 6.45) is 3.48. The van der Waals surface area contributed by atoms with Crippen LogP contribution in [0.15, 0.2) is 24.7 Å². The normalized spacial score (nSPS) is 11.3. The molecule has 4 heteroatoms. The Balaban J connectivity index is 2.71. The number of nitrogens with one attached hydrogen (secondary N) is 2. The molecule has 0 spiro atoms. The van der Waals surface area contributed by atoms with E-state index in [1.165, 1.54) is 0 Å². The molecular weight excluding hydrogens is 152 g/mol. The van der Waals surface area contributed by atoms with Crippen molar-refractivity contribution < 1.29 is 0 Å². The smallest absolute Gasteiger partial charge is 0.117 e. The van der Waals surface area contributed by atoms with E-state index in [-0.39, 0.29) is 0 Å². The molecular formula is C8H6N4. The summed E-state index contributed by atoms with van der Waals surface area (Å²) in [5, 5.41) is 7.08. The first-order valence-electron chi connectivity index (χ1n) is 3.70. The zero-order valence-corrected chi connectivity index (χ0v) is 6.20. The van der Waals surface area contributed by atoms with Crippen molar-refractivity contribution in [3.8, 4) is 0 Å². The van der Waals surface area contributed by atoms with Crippen LogP contribution < -0.4 is 0 Å². The minimum absolute atomic E-state index is 0.925. The minimum Gasteiger partial charge on any atom is -0.307 e. The van der Waals surface area contributed by atoms with Crippen LogP contribution in [-0.2, 0) is 0 Å². The number of hydrogen-bond donors (Lipinski definition) is 2. The molecule has 0 saturated heterocycles. The van der Waals surface area contributed by atoms with Gasteiger partial charge in [0.1, 0.15) is 11.8 Å². The molecule has 2 N–H and O–H groups in total. The Kier molecular flexibility index (Phi) is 0.889. The fourth-order valence-corrected chi connectivity index (χ4v) is 1.42. The van der Waals surface area contributed by atoms with Gasteiger partial charge in [-0.2, -0.15) is 0 Å². The number of aromatic amines is 2. The highest BCUT2D eigenvalue weighted by molar-refractivity contribution is 6.00. The second-order valence-electron chi connectivity index (χ2n) is 2.68. The number of H-pyrrole nitrogens is 2. The summed E-state index contributed by atoms with van der Waals surface area (Å²) in [7, 11) is 0. The van der Waals surface area contributed by atoms with Crippen LogP contribution in [0.2, 0.25) is 0 Å². The number of benzene rings is 1. The maximum Gasteiger partial charge on any atom is 0.117 e. The standard InChI is InChI=1S/C8H6N4/c1-2-6-8(10-4-9-6)7-5(1)3-11-12-7/h1-4,11-12H. The third kappa shape index (κ3) is 0.567. The van der Waals surface area contributed by atoms with Gasteiger partial charge in [-0.25, -0.2) is 9.97 Å². The first kappa shape index (κ1) is 5.77. The lowest BCUT2D eigenvalue weighted by Crippen LogP contribution is -1.72. The molecule has 0 amide bonds. The predicted molar refractivity (Wildman–Crippen MR) is 45.7 cm³/mol. The van der Waals surface area contributed by atoms with E-state index in [1.54, 1.807) is 6.33 Å². The largest absolute Gasteiger partial charge is 0.307 e. The van der Waals surface area contributed by atoms with Crippen molar-refractivity contribution in [1.29, 1.82) is 0 Å². The predicted octanol–water partition coefficient (Wildman–Crippen LogP) is 1.44. The molecule has 58 valence electrons. The van der Waals surface area contributed by atoms with E-state index < -0.39 is 0 Å². The van der Waals surface area contributed by atoms with Crippen molar-refractivity contribution in [1.82, 2.24) is 20.2 Å². The van der Waals surface area contributed by atoms with Gasteiger partial charge in [-0.1, -0.05) is 0 Å². The van der Waals surface area contributed by atoms with Gasteiger partial charge in [-0.15, -0.1) is 0 Å². The summed E-state index contributed by atoms with van der Waals surface area (Å²) in [4.78, 5) is 8.26. The molecule has 0 aliphatic rings. The Morgan fingerprint density at radius 2 is 2.17 bits per heavy atom. The molecule has 0 aliphatic carbocycles. The average molecular weight is 158 g/mol. The van der Waals surface area contributed by atoms with Crippen LogP contribution >= 0.6 is 0 Å². The number of imidazole rings is 1. The first-order chi connectivity index (χ1) is 5.95. The maximum absolute atomic E-state index is 4.16. The zero-order chi connectivity index (χ0) is 7.97. The third-order valence-corrected chi connectivity index (χ3v) is 2.00. The van der Waals surface area contributed by atoms with E-state index in [0.717, 1.165) is 21.9 Å². The van der Waals surface area contributed by atoms with Crippen molar-refractivity contribution in [3.05, 3.63) is 24.7 Å². The fraction of sp³-hybridized carbons (Fsp3) is 0. The van der Waals surface area contributed by atoms with Gasteiger partial charge in [-0.05, 0) is 12.1 Å². The van der Waals surface area contributed by atoms with Crippen LogP contribution in [0.4, 0.5) is 0 Å². The van der Waals surface area contributed by atoms with Crippen LogP contribution in [0.1, 0.15) is 0 Å². The van der Waals surface area contributed by atoms with E-state index in [1.807, 2.05) is 18.3 Å². The average Bonchev–Trinajstić information content (AvgIpc) is 2.71. The second-order valence-corrected chi connectivity index (χ2v) is 2.68. The molecule has 1 aromatic carbocycles. The van der Waals surface area contributed by atoms with E-state index in [9.17, 15) is 0 Å². The van der Waals surface area contributed by atoms with Gasteiger partial charge in [0, 0.05) is 11.6 Å². The number of fused-ring (bicyclic) bond motifs is 3. The van der Waals surface area contributed by atoms with Crippen molar-refractivity contribution in [2.45, 2.75) is 0 Å². The summed E-state index contributed by atoms with van der Waals surface area (Å²) in [5.74, 6) is 0. The van der Waals surface area contributed by atoms with E-state index in [0.29, 0.717) is 0 Å². The van der Waals surface area contributed by atoms with Crippen LogP contribution in [0.5, 0.6) is 0 Å². The highest BCUT2D eigenvalue weighted by Gasteiger charge is 2.02. The third-order valence-electron chi connectivity index (χ3n) is 2.00. The molecule has 2 aromatic heterocycles. The SMILES string of the molecule is c1nc2ccc3c[nH][nH]c3c2n1. The molecule has 2 heterocycles. The summed E-state index contributed by atoms with van der Waals surface area (Å²) in [6.45, 7) is 0. The second kappa shape index (κ2) is 1.85. The van der Waals surface area contributed by atoms with Crippen LogP contribution in [0, 0.1) is 0 Å². The molecule has 3 rings (SSSR count). The first-order valence-corrected chi connectivity index (χ1v) is 3.70. The van der Waals surface area contributed by atoms with Gasteiger partial charge in [0.25, 0.3) is 0 Å². The molecule has 0 atom stereocenters. The Hall–Kier alpha value is -1.84. The highest BCUT2D eigenvalue weighted by Crippen LogP contribution is 2.19. The van der Waals surface area contributed by atoms with Crippen molar-refractivity contribution >= 4 is 21.9 Å². The van der Waals surface area contributed by atoms with Crippen molar-refractivity contribution in [2.75, 3.05) is 0 Å². The quantitative estimate of drug-likeness (QED) is 0.520. The van der Waals surface area contributed by atoms with E-state index in [2.05, 4.69) is 20.2 Å². The topological polar surface area (TPSA) is 57.4 Å². The number of hydrogen-bond acceptors (Lipinski definition) is 2. The molecule has 0 fully saturated rings. The van der Waals surface area contributed by atoms with Gasteiger partial charge in [0.15, 0.2) is 0 Å².